The van der Waals surface area contributed by atoms with Gasteiger partial charge < -0.3 is 0 Å². The maximum Gasteiger partial charge on any atom is 0.194 e. The molecule has 1 aromatic heterocycles. The highest BCUT2D eigenvalue weighted by atomic mass is 32.1. The number of aldehydes is 1. The van der Waals surface area contributed by atoms with E-state index < -0.39 is 0 Å². The fourth-order valence-electron chi connectivity index (χ4n) is 1.55. The number of benzene rings is 1. The molecule has 0 aliphatic carbocycles. The Morgan fingerprint density at radius 1 is 1.29 bits per heavy atom. The monoisotopic (exact) mass is 248 g/mol. The van der Waals surface area contributed by atoms with Crippen LogP contribution < -0.4 is 0 Å². The number of aryl methyl sites for hydroxylation is 1. The molecule has 0 amide bonds. The third-order valence-electron chi connectivity index (χ3n) is 2.40. The third-order valence-corrected chi connectivity index (χ3v) is 3.38. The lowest BCUT2D eigenvalue weighted by Crippen LogP contribution is -2.01. The zero-order valence-corrected chi connectivity index (χ0v) is 9.88. The molecule has 0 N–H and O–H groups in total. The molecule has 2 nitrogen and oxygen atoms in total. The molecule has 0 saturated heterocycles. The van der Waals surface area contributed by atoms with E-state index in [9.17, 15) is 14.0 Å². The van der Waals surface area contributed by atoms with E-state index in [0.717, 1.165) is 11.2 Å². The Labute approximate surface area is 102 Å². The highest BCUT2D eigenvalue weighted by Crippen LogP contribution is 2.23. The van der Waals surface area contributed by atoms with Gasteiger partial charge in [-0.2, -0.15) is 0 Å². The van der Waals surface area contributed by atoms with Crippen molar-refractivity contribution in [2.45, 2.75) is 6.92 Å². The summed E-state index contributed by atoms with van der Waals surface area (Å²) in [6.07, 6.45) is 0.721. The molecule has 0 spiro atoms. The van der Waals surface area contributed by atoms with Crippen LogP contribution in [0.5, 0.6) is 0 Å². The molecule has 0 fully saturated rings. The molecule has 2 rings (SSSR count). The van der Waals surface area contributed by atoms with E-state index in [2.05, 4.69) is 0 Å². The van der Waals surface area contributed by atoms with Gasteiger partial charge in [0.1, 0.15) is 5.82 Å². The van der Waals surface area contributed by atoms with Crippen molar-refractivity contribution in [1.82, 2.24) is 0 Å². The van der Waals surface area contributed by atoms with Crippen LogP contribution in [0.3, 0.4) is 0 Å². The Kier molecular flexibility index (Phi) is 3.15. The minimum atomic E-state index is -0.378. The summed E-state index contributed by atoms with van der Waals surface area (Å²) in [5, 5.41) is 0. The number of hydrogen-bond donors (Lipinski definition) is 0. The molecule has 0 bridgehead atoms. The summed E-state index contributed by atoms with van der Waals surface area (Å²) in [7, 11) is 0. The van der Waals surface area contributed by atoms with Gasteiger partial charge in [-0.05, 0) is 37.3 Å². The largest absolute Gasteiger partial charge is 0.297 e. The maximum absolute atomic E-state index is 12.7. The minimum Gasteiger partial charge on any atom is -0.297 e. The van der Waals surface area contributed by atoms with Crippen LogP contribution in [-0.4, -0.2) is 12.1 Å². The topological polar surface area (TPSA) is 34.1 Å². The van der Waals surface area contributed by atoms with Crippen LogP contribution in [-0.2, 0) is 0 Å². The standard InChI is InChI=1S/C13H9FO2S/c1-8-12(6-11(7-15)17-8)13(16)9-2-4-10(14)5-3-9/h2-7H,1H3. The highest BCUT2D eigenvalue weighted by Gasteiger charge is 2.14. The number of ketones is 1. The quantitative estimate of drug-likeness (QED) is 0.617. The van der Waals surface area contributed by atoms with Crippen molar-refractivity contribution in [2.75, 3.05) is 0 Å². The van der Waals surface area contributed by atoms with Crippen molar-refractivity contribution >= 4 is 23.4 Å². The van der Waals surface area contributed by atoms with Crippen molar-refractivity contribution in [1.29, 1.82) is 0 Å². The lowest BCUT2D eigenvalue weighted by atomic mass is 10.0. The van der Waals surface area contributed by atoms with Crippen LogP contribution in [0.15, 0.2) is 30.3 Å². The van der Waals surface area contributed by atoms with Gasteiger partial charge in [-0.1, -0.05) is 0 Å². The Morgan fingerprint density at radius 2 is 1.94 bits per heavy atom. The molecule has 2 aromatic rings. The first-order chi connectivity index (χ1) is 8.11. The molecule has 1 aromatic carbocycles. The van der Waals surface area contributed by atoms with E-state index in [1.165, 1.54) is 35.6 Å². The second-order valence-corrected chi connectivity index (χ2v) is 4.86. The van der Waals surface area contributed by atoms with Gasteiger partial charge in [0.25, 0.3) is 0 Å². The Morgan fingerprint density at radius 3 is 2.47 bits per heavy atom. The van der Waals surface area contributed by atoms with Gasteiger partial charge in [-0.15, -0.1) is 11.3 Å². The average molecular weight is 248 g/mol. The summed E-state index contributed by atoms with van der Waals surface area (Å²) >= 11 is 1.28. The van der Waals surface area contributed by atoms with E-state index >= 15 is 0 Å². The van der Waals surface area contributed by atoms with Gasteiger partial charge in [-0.3, -0.25) is 9.59 Å². The maximum atomic E-state index is 12.7. The Hall–Kier alpha value is -1.81. The Bertz CT molecular complexity index is 570. The number of rotatable bonds is 3. The number of carbonyl (C=O) groups excluding carboxylic acids is 2. The van der Waals surface area contributed by atoms with Crippen molar-refractivity contribution in [3.63, 3.8) is 0 Å². The average Bonchev–Trinajstić information content (AvgIpc) is 2.71. The fourth-order valence-corrected chi connectivity index (χ4v) is 2.39. The van der Waals surface area contributed by atoms with Crippen LogP contribution >= 0.6 is 11.3 Å². The van der Waals surface area contributed by atoms with Gasteiger partial charge in [0.05, 0.1) is 4.88 Å². The molecule has 0 radical (unpaired) electrons. The van der Waals surface area contributed by atoms with Crippen molar-refractivity contribution in [2.24, 2.45) is 0 Å². The summed E-state index contributed by atoms with van der Waals surface area (Å²) in [5.41, 5.74) is 0.924. The zero-order valence-electron chi connectivity index (χ0n) is 9.07. The molecule has 0 atom stereocenters. The molecule has 0 unspecified atom stereocenters. The molecule has 0 aliphatic rings. The third kappa shape index (κ3) is 2.31. The van der Waals surface area contributed by atoms with E-state index in [-0.39, 0.29) is 11.6 Å². The summed E-state index contributed by atoms with van der Waals surface area (Å²) in [4.78, 5) is 24.0. The molecule has 1 heterocycles. The summed E-state index contributed by atoms with van der Waals surface area (Å²) in [6, 6.07) is 6.94. The van der Waals surface area contributed by atoms with Gasteiger partial charge >= 0.3 is 0 Å². The van der Waals surface area contributed by atoms with Crippen LogP contribution in [0.2, 0.25) is 0 Å². The van der Waals surface area contributed by atoms with Crippen LogP contribution in [0, 0.1) is 12.7 Å². The molecular formula is C13H9FO2S. The lowest BCUT2D eigenvalue weighted by molar-refractivity contribution is 0.103. The zero-order chi connectivity index (χ0) is 12.4. The molecule has 0 aliphatic heterocycles. The predicted octanol–water partition coefficient (Wildman–Crippen LogP) is 3.24. The molecule has 86 valence electrons. The Balaban J connectivity index is 2.39. The second-order valence-electron chi connectivity index (χ2n) is 3.57. The smallest absolute Gasteiger partial charge is 0.194 e. The van der Waals surface area contributed by atoms with Crippen molar-refractivity contribution < 1.29 is 14.0 Å². The predicted molar refractivity (Wildman–Crippen MR) is 64.3 cm³/mol. The van der Waals surface area contributed by atoms with E-state index in [1.807, 2.05) is 0 Å². The SMILES string of the molecule is Cc1sc(C=O)cc1C(=O)c1ccc(F)cc1. The highest BCUT2D eigenvalue weighted by molar-refractivity contribution is 7.14. The first kappa shape index (κ1) is 11.7. The van der Waals surface area contributed by atoms with Crippen LogP contribution in [0.25, 0.3) is 0 Å². The van der Waals surface area contributed by atoms with Gasteiger partial charge in [0.2, 0.25) is 0 Å². The number of hydrogen-bond acceptors (Lipinski definition) is 3. The van der Waals surface area contributed by atoms with Crippen molar-refractivity contribution in [3.8, 4) is 0 Å². The van der Waals surface area contributed by atoms with Crippen LogP contribution in [0.1, 0.15) is 30.5 Å². The van der Waals surface area contributed by atoms with Crippen molar-refractivity contribution in [3.05, 3.63) is 57.0 Å². The normalized spacial score (nSPS) is 10.2. The van der Waals surface area contributed by atoms with E-state index in [1.54, 1.807) is 13.0 Å². The fraction of sp³-hybridized carbons (Fsp3) is 0.0769. The minimum absolute atomic E-state index is 0.188. The number of halogens is 1. The van der Waals surface area contributed by atoms with E-state index in [4.69, 9.17) is 0 Å². The summed E-state index contributed by atoms with van der Waals surface area (Å²) < 4.78 is 12.7. The first-order valence-corrected chi connectivity index (χ1v) is 5.79. The number of carbonyl (C=O) groups is 2. The summed E-state index contributed by atoms with van der Waals surface area (Å²) in [5.74, 6) is -0.566. The lowest BCUT2D eigenvalue weighted by Gasteiger charge is -1.99. The first-order valence-electron chi connectivity index (χ1n) is 4.97. The van der Waals surface area contributed by atoms with Crippen LogP contribution in [0.4, 0.5) is 4.39 Å². The summed E-state index contributed by atoms with van der Waals surface area (Å²) in [6.45, 7) is 1.79. The van der Waals surface area contributed by atoms with Gasteiger partial charge in [0, 0.05) is 16.0 Å². The molecule has 17 heavy (non-hydrogen) atoms. The molecule has 4 heteroatoms. The van der Waals surface area contributed by atoms with Gasteiger partial charge in [0.15, 0.2) is 12.1 Å². The number of thiophene rings is 1. The molecule has 0 saturated carbocycles. The second kappa shape index (κ2) is 4.59. The van der Waals surface area contributed by atoms with Gasteiger partial charge in [-0.25, -0.2) is 4.39 Å². The van der Waals surface area contributed by atoms with E-state index in [0.29, 0.717) is 16.0 Å². The molecular weight excluding hydrogens is 239 g/mol.